The molecule has 1 atom stereocenters. The molecule has 4 heterocycles. The Kier molecular flexibility index (Phi) is 7.23. The molecular formula is C30H29BN6O4. The summed E-state index contributed by atoms with van der Waals surface area (Å²) in [4.78, 5) is 13.4. The topological polar surface area (TPSA) is 127 Å². The van der Waals surface area contributed by atoms with E-state index >= 15 is 0 Å². The second kappa shape index (κ2) is 11.1. The highest BCUT2D eigenvalue weighted by Crippen LogP contribution is 2.35. The zero-order valence-electron chi connectivity index (χ0n) is 22.9. The molecule has 1 aliphatic heterocycles. The summed E-state index contributed by atoms with van der Waals surface area (Å²) in [7, 11) is 1.24. The molecule has 0 fully saturated rings. The van der Waals surface area contributed by atoms with Gasteiger partial charge in [-0.15, -0.1) is 0 Å². The van der Waals surface area contributed by atoms with Gasteiger partial charge in [0.1, 0.15) is 5.82 Å². The van der Waals surface area contributed by atoms with Crippen LogP contribution in [0.3, 0.4) is 0 Å². The fourth-order valence-corrected chi connectivity index (χ4v) is 4.94. The molecule has 2 aromatic carbocycles. The molecule has 0 unspecified atom stereocenters. The lowest BCUT2D eigenvalue weighted by molar-refractivity contribution is 0.0930. The molecule has 5 aromatic rings. The van der Waals surface area contributed by atoms with Gasteiger partial charge in [-0.2, -0.15) is 4.98 Å². The van der Waals surface area contributed by atoms with Crippen LogP contribution in [-0.2, 0) is 14.9 Å². The summed E-state index contributed by atoms with van der Waals surface area (Å²) < 4.78 is 17.2. The molecule has 0 aliphatic carbocycles. The van der Waals surface area contributed by atoms with Crippen molar-refractivity contribution in [3.05, 3.63) is 96.4 Å². The standard InChI is InChI=1S/C30H29BN6O4/c1-30(2)23-14-21(11-12-24(23)31(39-3)41-30)34-27-15-25(35-26(18-38)19-8-5-4-6-9-19)22(17-33-27)29-36-28(37-40-29)20-10-7-13-32-16-20/h4-17,26,38H,18H2,1-3H3,(H2,33,34,35)/t26-/m1/s1. The van der Waals surface area contributed by atoms with Crippen LogP contribution in [-0.4, -0.2) is 46.1 Å². The van der Waals surface area contributed by atoms with Crippen LogP contribution in [0, 0.1) is 0 Å². The number of anilines is 3. The first-order valence-electron chi connectivity index (χ1n) is 13.2. The van der Waals surface area contributed by atoms with Crippen LogP contribution < -0.4 is 16.1 Å². The molecule has 6 rings (SSSR count). The SMILES string of the molecule is COB1OC(C)(C)c2cc(Nc3cc(N[C@H](CO)c4ccccc4)c(-c4nc(-c5cccnc5)no4)cn3)ccc21. The molecule has 3 aromatic heterocycles. The minimum atomic E-state index is -0.494. The smallest absolute Gasteiger partial charge is 0.410 e. The second-order valence-electron chi connectivity index (χ2n) is 10.2. The molecule has 0 spiro atoms. The number of aliphatic hydroxyl groups is 1. The Morgan fingerprint density at radius 3 is 2.66 bits per heavy atom. The van der Waals surface area contributed by atoms with Crippen molar-refractivity contribution in [3.8, 4) is 22.8 Å². The average molecular weight is 548 g/mol. The van der Waals surface area contributed by atoms with Crippen LogP contribution in [0.15, 0.2) is 89.8 Å². The van der Waals surface area contributed by atoms with Crippen molar-refractivity contribution in [1.82, 2.24) is 20.1 Å². The quantitative estimate of drug-likeness (QED) is 0.223. The monoisotopic (exact) mass is 548 g/mol. The van der Waals surface area contributed by atoms with Crippen LogP contribution in [0.2, 0.25) is 0 Å². The van der Waals surface area contributed by atoms with E-state index in [1.54, 1.807) is 25.7 Å². The van der Waals surface area contributed by atoms with Crippen molar-refractivity contribution in [2.75, 3.05) is 24.4 Å². The summed E-state index contributed by atoms with van der Waals surface area (Å²) in [5, 5.41) is 21.3. The fraction of sp³-hybridized carbons (Fsp3) is 0.200. The van der Waals surface area contributed by atoms with Gasteiger partial charge in [-0.25, -0.2) is 4.98 Å². The fourth-order valence-electron chi connectivity index (χ4n) is 4.94. The van der Waals surface area contributed by atoms with Crippen LogP contribution in [0.5, 0.6) is 0 Å². The van der Waals surface area contributed by atoms with Gasteiger partial charge in [-0.1, -0.05) is 41.6 Å². The van der Waals surface area contributed by atoms with Crippen LogP contribution in [0.1, 0.15) is 31.0 Å². The highest BCUT2D eigenvalue weighted by Gasteiger charge is 2.42. The molecular weight excluding hydrogens is 519 g/mol. The van der Waals surface area contributed by atoms with Crippen molar-refractivity contribution in [3.63, 3.8) is 0 Å². The molecule has 206 valence electrons. The first-order valence-corrected chi connectivity index (χ1v) is 13.2. The van der Waals surface area contributed by atoms with Gasteiger partial charge in [0.05, 0.1) is 29.5 Å². The summed E-state index contributed by atoms with van der Waals surface area (Å²) in [6.45, 7) is 3.92. The molecule has 1 aliphatic rings. The van der Waals surface area contributed by atoms with E-state index in [0.717, 1.165) is 27.8 Å². The Morgan fingerprint density at radius 2 is 1.90 bits per heavy atom. The molecule has 0 saturated carbocycles. The maximum atomic E-state index is 10.3. The van der Waals surface area contributed by atoms with Gasteiger partial charge in [0.15, 0.2) is 0 Å². The van der Waals surface area contributed by atoms with E-state index in [0.29, 0.717) is 22.9 Å². The zero-order chi connectivity index (χ0) is 28.4. The van der Waals surface area contributed by atoms with Gasteiger partial charge in [-0.05, 0) is 54.7 Å². The molecule has 0 amide bonds. The normalized spacial score (nSPS) is 14.5. The van der Waals surface area contributed by atoms with Crippen LogP contribution >= 0.6 is 0 Å². The van der Waals surface area contributed by atoms with E-state index < -0.39 is 12.7 Å². The highest BCUT2D eigenvalue weighted by molar-refractivity contribution is 6.63. The number of rotatable bonds is 9. The summed E-state index contributed by atoms with van der Waals surface area (Å²) in [6.07, 6.45) is 5.03. The van der Waals surface area contributed by atoms with E-state index in [9.17, 15) is 5.11 Å². The Balaban J connectivity index is 1.35. The second-order valence-corrected chi connectivity index (χ2v) is 10.2. The van der Waals surface area contributed by atoms with Crippen molar-refractivity contribution < 1.29 is 18.9 Å². The minimum absolute atomic E-state index is 0.125. The maximum Gasteiger partial charge on any atom is 0.494 e. The van der Waals surface area contributed by atoms with Crippen molar-refractivity contribution in [1.29, 1.82) is 0 Å². The molecule has 0 saturated heterocycles. The van der Waals surface area contributed by atoms with Gasteiger partial charge >= 0.3 is 7.12 Å². The highest BCUT2D eigenvalue weighted by atomic mass is 16.6. The Hall–Kier alpha value is -4.58. The average Bonchev–Trinajstić information content (AvgIpc) is 3.59. The number of fused-ring (bicyclic) bond motifs is 1. The summed E-state index contributed by atoms with van der Waals surface area (Å²) in [5.74, 6) is 1.30. The molecule has 10 nitrogen and oxygen atoms in total. The lowest BCUT2D eigenvalue weighted by Crippen LogP contribution is -2.31. The van der Waals surface area contributed by atoms with Gasteiger partial charge in [0.2, 0.25) is 5.82 Å². The Labute approximate surface area is 237 Å². The Bertz CT molecular complexity index is 1650. The minimum Gasteiger partial charge on any atom is -0.410 e. The molecule has 0 bridgehead atoms. The van der Waals surface area contributed by atoms with Gasteiger partial charge in [0.25, 0.3) is 5.89 Å². The van der Waals surface area contributed by atoms with E-state index in [4.69, 9.17) is 13.8 Å². The van der Waals surface area contributed by atoms with E-state index in [-0.39, 0.29) is 18.5 Å². The van der Waals surface area contributed by atoms with Crippen molar-refractivity contribution in [2.45, 2.75) is 25.5 Å². The Morgan fingerprint density at radius 1 is 1.05 bits per heavy atom. The number of nitrogens with zero attached hydrogens (tertiary/aromatic N) is 4. The number of nitrogens with one attached hydrogen (secondary N) is 2. The van der Waals surface area contributed by atoms with E-state index in [1.165, 1.54) is 0 Å². The number of hydrogen-bond donors (Lipinski definition) is 3. The number of benzene rings is 2. The van der Waals surface area contributed by atoms with Gasteiger partial charge < -0.3 is 29.6 Å². The van der Waals surface area contributed by atoms with E-state index in [1.807, 2.05) is 74.5 Å². The third-order valence-electron chi connectivity index (χ3n) is 7.04. The number of pyridine rings is 2. The molecule has 0 radical (unpaired) electrons. The summed E-state index contributed by atoms with van der Waals surface area (Å²) in [5.41, 5.74) is 5.33. The predicted molar refractivity (Wildman–Crippen MR) is 157 cm³/mol. The number of aromatic nitrogens is 4. The first-order chi connectivity index (χ1) is 19.9. The summed E-state index contributed by atoms with van der Waals surface area (Å²) in [6, 6.07) is 20.9. The lowest BCUT2D eigenvalue weighted by atomic mass is 9.77. The van der Waals surface area contributed by atoms with Gasteiger partial charge in [0, 0.05) is 43.0 Å². The zero-order valence-corrected chi connectivity index (χ0v) is 22.9. The third kappa shape index (κ3) is 5.42. The van der Waals surface area contributed by atoms with Crippen LogP contribution in [0.25, 0.3) is 22.8 Å². The molecule has 3 N–H and O–H groups in total. The molecule has 11 heteroatoms. The maximum absolute atomic E-state index is 10.3. The lowest BCUT2D eigenvalue weighted by Gasteiger charge is -2.21. The van der Waals surface area contributed by atoms with E-state index in [2.05, 4.69) is 36.8 Å². The largest absolute Gasteiger partial charge is 0.494 e. The van der Waals surface area contributed by atoms with Gasteiger partial charge in [-0.3, -0.25) is 4.98 Å². The number of hydrogen-bond acceptors (Lipinski definition) is 10. The first kappa shape index (κ1) is 26.6. The van der Waals surface area contributed by atoms with Crippen molar-refractivity contribution >= 4 is 29.8 Å². The molecule has 41 heavy (non-hydrogen) atoms. The van der Waals surface area contributed by atoms with Crippen LogP contribution in [0.4, 0.5) is 17.2 Å². The third-order valence-corrected chi connectivity index (χ3v) is 7.04. The summed E-state index contributed by atoms with van der Waals surface area (Å²) >= 11 is 0. The van der Waals surface area contributed by atoms with Crippen molar-refractivity contribution in [2.24, 2.45) is 0 Å². The number of aliphatic hydroxyl groups excluding tert-OH is 1. The predicted octanol–water partition coefficient (Wildman–Crippen LogP) is 4.69.